The molecule has 1 aliphatic heterocycles. The molecule has 1 heterocycles. The Morgan fingerprint density at radius 2 is 1.81 bits per heavy atom. The monoisotopic (exact) mass is 289 g/mol. The van der Waals surface area contributed by atoms with Crippen molar-refractivity contribution in [3.8, 4) is 0 Å². The van der Waals surface area contributed by atoms with Crippen LogP contribution in [0, 0.1) is 0 Å². The Balaban J connectivity index is 2.15. The maximum atomic E-state index is 3.72. The molecule has 3 nitrogen and oxygen atoms in total. The van der Waals surface area contributed by atoms with Gasteiger partial charge < -0.3 is 10.2 Å². The van der Waals surface area contributed by atoms with Crippen LogP contribution in [0.2, 0.25) is 0 Å². The average molecular weight is 289 g/mol. The van der Waals surface area contributed by atoms with Crippen molar-refractivity contribution in [3.05, 3.63) is 35.9 Å². The van der Waals surface area contributed by atoms with E-state index >= 15 is 0 Å². The minimum atomic E-state index is 0.435. The summed E-state index contributed by atoms with van der Waals surface area (Å²) in [5, 5.41) is 3.72. The van der Waals surface area contributed by atoms with Gasteiger partial charge in [0.15, 0.2) is 0 Å². The zero-order chi connectivity index (χ0) is 15.1. The molecule has 1 fully saturated rings. The second-order valence-electron chi connectivity index (χ2n) is 6.11. The molecule has 3 heteroatoms. The van der Waals surface area contributed by atoms with Crippen molar-refractivity contribution in [3.63, 3.8) is 0 Å². The predicted octanol–water partition coefficient (Wildman–Crippen LogP) is 2.75. The Bertz CT molecular complexity index is 393. The molecule has 1 aromatic carbocycles. The molecule has 2 unspecified atom stereocenters. The first-order chi connectivity index (χ1) is 10.3. The summed E-state index contributed by atoms with van der Waals surface area (Å²) in [6, 6.07) is 12.0. The number of hydrogen-bond acceptors (Lipinski definition) is 3. The Hall–Kier alpha value is -0.900. The molecule has 1 saturated heterocycles. The molecule has 0 saturated carbocycles. The lowest BCUT2D eigenvalue weighted by Gasteiger charge is -2.36. The van der Waals surface area contributed by atoms with Gasteiger partial charge in [-0.2, -0.15) is 0 Å². The van der Waals surface area contributed by atoms with E-state index in [-0.39, 0.29) is 0 Å². The van der Waals surface area contributed by atoms with Gasteiger partial charge >= 0.3 is 0 Å². The summed E-state index contributed by atoms with van der Waals surface area (Å²) in [6.07, 6.45) is 2.47. The molecule has 0 radical (unpaired) electrons. The molecule has 21 heavy (non-hydrogen) atoms. The second kappa shape index (κ2) is 8.52. The number of hydrogen-bond donors (Lipinski definition) is 1. The summed E-state index contributed by atoms with van der Waals surface area (Å²) in [6.45, 7) is 10.4. The van der Waals surface area contributed by atoms with Crippen LogP contribution >= 0.6 is 0 Å². The number of likely N-dealkylation sites (N-methyl/N-ethyl adjacent to an activating group) is 2. The van der Waals surface area contributed by atoms with Crippen molar-refractivity contribution in [2.45, 2.75) is 38.8 Å². The summed E-state index contributed by atoms with van der Waals surface area (Å²) >= 11 is 0. The molecule has 2 atom stereocenters. The van der Waals surface area contributed by atoms with E-state index < -0.39 is 0 Å². The van der Waals surface area contributed by atoms with E-state index in [2.05, 4.69) is 66.3 Å². The van der Waals surface area contributed by atoms with Gasteiger partial charge in [-0.15, -0.1) is 0 Å². The van der Waals surface area contributed by atoms with Crippen LogP contribution < -0.4 is 5.32 Å². The minimum absolute atomic E-state index is 0.435. The molecule has 1 aliphatic rings. The number of nitrogens with one attached hydrogen (secondary N) is 1. The van der Waals surface area contributed by atoms with E-state index in [1.807, 2.05) is 0 Å². The zero-order valence-electron chi connectivity index (χ0n) is 13.9. The normalized spacial score (nSPS) is 20.9. The van der Waals surface area contributed by atoms with Gasteiger partial charge in [0.1, 0.15) is 0 Å². The van der Waals surface area contributed by atoms with Gasteiger partial charge in [-0.05, 0) is 45.1 Å². The van der Waals surface area contributed by atoms with E-state index in [4.69, 9.17) is 0 Å². The molecule has 0 aliphatic carbocycles. The van der Waals surface area contributed by atoms with E-state index in [0.29, 0.717) is 12.1 Å². The largest absolute Gasteiger partial charge is 0.309 e. The first-order valence-electron chi connectivity index (χ1n) is 8.47. The molecule has 1 N–H and O–H groups in total. The van der Waals surface area contributed by atoms with Crippen molar-refractivity contribution in [1.82, 2.24) is 15.1 Å². The van der Waals surface area contributed by atoms with Crippen LogP contribution in [0.25, 0.3) is 0 Å². The summed E-state index contributed by atoms with van der Waals surface area (Å²) in [5.41, 5.74) is 1.42. The van der Waals surface area contributed by atoms with Crippen LogP contribution in [-0.4, -0.2) is 55.6 Å². The van der Waals surface area contributed by atoms with Crippen molar-refractivity contribution < 1.29 is 0 Å². The van der Waals surface area contributed by atoms with Crippen LogP contribution in [0.4, 0.5) is 0 Å². The van der Waals surface area contributed by atoms with Gasteiger partial charge in [0.25, 0.3) is 0 Å². The Labute approximate surface area is 130 Å². The fourth-order valence-corrected chi connectivity index (χ4v) is 3.46. The van der Waals surface area contributed by atoms with Crippen LogP contribution in [-0.2, 0) is 0 Å². The summed E-state index contributed by atoms with van der Waals surface area (Å²) in [4.78, 5) is 5.15. The highest BCUT2D eigenvalue weighted by Gasteiger charge is 2.27. The third kappa shape index (κ3) is 4.53. The maximum Gasteiger partial charge on any atom is 0.0477 e. The molecular weight excluding hydrogens is 258 g/mol. The molecule has 0 spiro atoms. The van der Waals surface area contributed by atoms with Crippen LogP contribution in [0.3, 0.4) is 0 Å². The third-order valence-corrected chi connectivity index (χ3v) is 4.61. The molecular formula is C18H31N3. The number of rotatable bonds is 6. The minimum Gasteiger partial charge on any atom is -0.309 e. The lowest BCUT2D eigenvalue weighted by molar-refractivity contribution is 0.157. The van der Waals surface area contributed by atoms with Gasteiger partial charge in [0, 0.05) is 25.2 Å². The van der Waals surface area contributed by atoms with Gasteiger partial charge in [0.2, 0.25) is 0 Å². The topological polar surface area (TPSA) is 18.5 Å². The van der Waals surface area contributed by atoms with Crippen LogP contribution in [0.5, 0.6) is 0 Å². The lowest BCUT2D eigenvalue weighted by atomic mass is 9.95. The van der Waals surface area contributed by atoms with Gasteiger partial charge in [0.05, 0.1) is 0 Å². The van der Waals surface area contributed by atoms with E-state index in [1.54, 1.807) is 0 Å². The summed E-state index contributed by atoms with van der Waals surface area (Å²) < 4.78 is 0. The predicted molar refractivity (Wildman–Crippen MR) is 90.6 cm³/mol. The Morgan fingerprint density at radius 1 is 1.05 bits per heavy atom. The first-order valence-corrected chi connectivity index (χ1v) is 8.47. The van der Waals surface area contributed by atoms with Crippen molar-refractivity contribution >= 4 is 0 Å². The highest BCUT2D eigenvalue weighted by Crippen LogP contribution is 2.24. The van der Waals surface area contributed by atoms with Crippen molar-refractivity contribution in [1.29, 1.82) is 0 Å². The Kier molecular flexibility index (Phi) is 6.68. The van der Waals surface area contributed by atoms with E-state index in [1.165, 1.54) is 44.6 Å². The Morgan fingerprint density at radius 3 is 2.48 bits per heavy atom. The molecule has 118 valence electrons. The standard InChI is InChI=1S/C18H31N3/c1-4-17(21-13-9-12-20(3)14-15-21)18(19-5-2)16-10-7-6-8-11-16/h6-8,10-11,17-19H,4-5,9,12-15H2,1-3H3. The molecule has 0 bridgehead atoms. The lowest BCUT2D eigenvalue weighted by Crippen LogP contribution is -2.46. The quantitative estimate of drug-likeness (QED) is 0.869. The molecule has 0 aromatic heterocycles. The highest BCUT2D eigenvalue weighted by atomic mass is 15.2. The second-order valence-corrected chi connectivity index (χ2v) is 6.11. The van der Waals surface area contributed by atoms with Gasteiger partial charge in [-0.25, -0.2) is 0 Å². The number of benzene rings is 1. The summed E-state index contributed by atoms with van der Waals surface area (Å²) in [7, 11) is 2.24. The van der Waals surface area contributed by atoms with Gasteiger partial charge in [-0.1, -0.05) is 44.2 Å². The highest BCUT2D eigenvalue weighted by molar-refractivity contribution is 5.20. The summed E-state index contributed by atoms with van der Waals surface area (Å²) in [5.74, 6) is 0. The van der Waals surface area contributed by atoms with E-state index in [0.717, 1.165) is 6.54 Å². The van der Waals surface area contributed by atoms with Crippen molar-refractivity contribution in [2.75, 3.05) is 39.8 Å². The van der Waals surface area contributed by atoms with Crippen molar-refractivity contribution in [2.24, 2.45) is 0 Å². The molecule has 2 rings (SSSR count). The smallest absolute Gasteiger partial charge is 0.0477 e. The third-order valence-electron chi connectivity index (χ3n) is 4.61. The average Bonchev–Trinajstić information content (AvgIpc) is 2.73. The fraction of sp³-hybridized carbons (Fsp3) is 0.667. The maximum absolute atomic E-state index is 3.72. The SMILES string of the molecule is CCNC(c1ccccc1)C(CC)N1CCCN(C)CC1. The zero-order valence-corrected chi connectivity index (χ0v) is 13.9. The van der Waals surface area contributed by atoms with Crippen LogP contribution in [0.15, 0.2) is 30.3 Å². The first kappa shape index (κ1) is 16.5. The fourth-order valence-electron chi connectivity index (χ4n) is 3.46. The molecule has 0 amide bonds. The number of nitrogens with zero attached hydrogens (tertiary/aromatic N) is 2. The molecule has 1 aromatic rings. The van der Waals surface area contributed by atoms with Gasteiger partial charge in [-0.3, -0.25) is 4.90 Å². The van der Waals surface area contributed by atoms with Crippen LogP contribution in [0.1, 0.15) is 38.3 Å². The van der Waals surface area contributed by atoms with E-state index in [9.17, 15) is 0 Å².